The highest BCUT2D eigenvalue weighted by atomic mass is 19.1. The van der Waals surface area contributed by atoms with Gasteiger partial charge in [-0.25, -0.2) is 4.39 Å². The number of benzene rings is 2. The lowest BCUT2D eigenvalue weighted by atomic mass is 10.1. The average Bonchev–Trinajstić information content (AvgIpc) is 2.44. The standard InChI is InChI=1S/C17H20FNO/c1-4-19-13(3)14-6-9-16(10-7-14)20-17-11-15(18)8-5-12(17)2/h5-11,13,19H,4H2,1-3H3. The van der Waals surface area contributed by atoms with E-state index < -0.39 is 0 Å². The Hall–Kier alpha value is -1.87. The van der Waals surface area contributed by atoms with Crippen molar-refractivity contribution in [2.75, 3.05) is 6.54 Å². The molecular formula is C17H20FNO. The lowest BCUT2D eigenvalue weighted by Crippen LogP contribution is -2.17. The zero-order valence-corrected chi connectivity index (χ0v) is 12.1. The fraction of sp³-hybridized carbons (Fsp3) is 0.294. The van der Waals surface area contributed by atoms with Gasteiger partial charge in [-0.05, 0) is 49.7 Å². The van der Waals surface area contributed by atoms with Crippen LogP contribution in [0, 0.1) is 12.7 Å². The summed E-state index contributed by atoms with van der Waals surface area (Å²) in [5, 5.41) is 3.36. The van der Waals surface area contributed by atoms with Gasteiger partial charge in [0.1, 0.15) is 17.3 Å². The number of hydrogen-bond acceptors (Lipinski definition) is 2. The molecule has 0 aliphatic rings. The topological polar surface area (TPSA) is 21.3 Å². The van der Waals surface area contributed by atoms with E-state index in [-0.39, 0.29) is 5.82 Å². The van der Waals surface area contributed by atoms with Crippen molar-refractivity contribution in [3.63, 3.8) is 0 Å². The van der Waals surface area contributed by atoms with E-state index in [1.807, 2.05) is 31.2 Å². The van der Waals surface area contributed by atoms with Gasteiger partial charge in [0.15, 0.2) is 0 Å². The van der Waals surface area contributed by atoms with E-state index in [0.717, 1.165) is 12.1 Å². The van der Waals surface area contributed by atoms with Crippen LogP contribution in [0.3, 0.4) is 0 Å². The molecule has 0 aliphatic carbocycles. The Labute approximate surface area is 119 Å². The number of halogens is 1. The second kappa shape index (κ2) is 6.53. The number of aryl methyl sites for hydroxylation is 1. The van der Waals surface area contributed by atoms with Crippen LogP contribution in [0.4, 0.5) is 4.39 Å². The fourth-order valence-electron chi connectivity index (χ4n) is 2.06. The molecule has 0 saturated carbocycles. The molecule has 1 unspecified atom stereocenters. The maximum absolute atomic E-state index is 13.2. The lowest BCUT2D eigenvalue weighted by Gasteiger charge is -2.14. The van der Waals surface area contributed by atoms with E-state index in [0.29, 0.717) is 17.5 Å². The smallest absolute Gasteiger partial charge is 0.133 e. The summed E-state index contributed by atoms with van der Waals surface area (Å²) in [6.07, 6.45) is 0. The maximum Gasteiger partial charge on any atom is 0.133 e. The van der Waals surface area contributed by atoms with Gasteiger partial charge in [-0.3, -0.25) is 0 Å². The first kappa shape index (κ1) is 14.5. The van der Waals surface area contributed by atoms with Gasteiger partial charge in [0.25, 0.3) is 0 Å². The molecule has 2 nitrogen and oxygen atoms in total. The van der Waals surface area contributed by atoms with Crippen molar-refractivity contribution in [3.8, 4) is 11.5 Å². The monoisotopic (exact) mass is 273 g/mol. The minimum atomic E-state index is -0.289. The summed E-state index contributed by atoms with van der Waals surface area (Å²) in [6.45, 7) is 7.04. The van der Waals surface area contributed by atoms with Crippen LogP contribution in [0.2, 0.25) is 0 Å². The van der Waals surface area contributed by atoms with Crippen LogP contribution in [0.1, 0.15) is 31.0 Å². The van der Waals surface area contributed by atoms with Gasteiger partial charge in [-0.2, -0.15) is 0 Å². The molecule has 0 aliphatic heterocycles. The molecule has 2 aromatic rings. The zero-order chi connectivity index (χ0) is 14.5. The van der Waals surface area contributed by atoms with Crippen LogP contribution >= 0.6 is 0 Å². The van der Waals surface area contributed by atoms with Crippen LogP contribution in [0.15, 0.2) is 42.5 Å². The first-order valence-corrected chi connectivity index (χ1v) is 6.87. The molecule has 1 N–H and O–H groups in total. The van der Waals surface area contributed by atoms with Crippen molar-refractivity contribution in [2.24, 2.45) is 0 Å². The van der Waals surface area contributed by atoms with E-state index in [1.165, 1.54) is 17.7 Å². The molecule has 2 rings (SSSR count). The van der Waals surface area contributed by atoms with Crippen molar-refractivity contribution >= 4 is 0 Å². The summed E-state index contributed by atoms with van der Waals surface area (Å²) >= 11 is 0. The van der Waals surface area contributed by atoms with E-state index in [2.05, 4.69) is 19.2 Å². The van der Waals surface area contributed by atoms with Crippen molar-refractivity contribution < 1.29 is 9.13 Å². The van der Waals surface area contributed by atoms with Gasteiger partial charge in [-0.1, -0.05) is 25.1 Å². The van der Waals surface area contributed by atoms with E-state index >= 15 is 0 Å². The third-order valence-corrected chi connectivity index (χ3v) is 3.27. The first-order chi connectivity index (χ1) is 9.60. The number of hydrogen-bond donors (Lipinski definition) is 1. The highest BCUT2D eigenvalue weighted by Gasteiger charge is 2.06. The van der Waals surface area contributed by atoms with Crippen molar-refractivity contribution in [2.45, 2.75) is 26.8 Å². The number of ether oxygens (including phenoxy) is 1. The zero-order valence-electron chi connectivity index (χ0n) is 12.1. The Morgan fingerprint density at radius 3 is 2.50 bits per heavy atom. The Balaban J connectivity index is 2.12. The van der Waals surface area contributed by atoms with E-state index in [1.54, 1.807) is 6.07 Å². The highest BCUT2D eigenvalue weighted by Crippen LogP contribution is 2.26. The summed E-state index contributed by atoms with van der Waals surface area (Å²) in [5.41, 5.74) is 2.12. The normalized spacial score (nSPS) is 12.2. The minimum absolute atomic E-state index is 0.289. The van der Waals surface area contributed by atoms with Gasteiger partial charge in [-0.15, -0.1) is 0 Å². The summed E-state index contributed by atoms with van der Waals surface area (Å²) in [4.78, 5) is 0. The second-order valence-corrected chi connectivity index (χ2v) is 4.86. The largest absolute Gasteiger partial charge is 0.457 e. The van der Waals surface area contributed by atoms with E-state index in [4.69, 9.17) is 4.74 Å². The molecule has 20 heavy (non-hydrogen) atoms. The van der Waals surface area contributed by atoms with Gasteiger partial charge in [0, 0.05) is 12.1 Å². The molecule has 0 fully saturated rings. The Morgan fingerprint density at radius 2 is 1.85 bits per heavy atom. The second-order valence-electron chi connectivity index (χ2n) is 4.86. The number of rotatable bonds is 5. The van der Waals surface area contributed by atoms with Gasteiger partial charge >= 0.3 is 0 Å². The van der Waals surface area contributed by atoms with Crippen LogP contribution in [0.5, 0.6) is 11.5 Å². The first-order valence-electron chi connectivity index (χ1n) is 6.87. The molecule has 0 spiro atoms. The highest BCUT2D eigenvalue weighted by molar-refractivity contribution is 5.38. The van der Waals surface area contributed by atoms with Crippen LogP contribution < -0.4 is 10.1 Å². The predicted octanol–water partition coefficient (Wildman–Crippen LogP) is 4.60. The molecule has 0 aromatic heterocycles. The lowest BCUT2D eigenvalue weighted by molar-refractivity contribution is 0.472. The van der Waals surface area contributed by atoms with Crippen molar-refractivity contribution in [3.05, 3.63) is 59.4 Å². The molecular weight excluding hydrogens is 253 g/mol. The van der Waals surface area contributed by atoms with Gasteiger partial charge in [0.2, 0.25) is 0 Å². The molecule has 106 valence electrons. The summed E-state index contributed by atoms with van der Waals surface area (Å²) in [6, 6.07) is 12.7. The predicted molar refractivity (Wildman–Crippen MR) is 79.7 cm³/mol. The molecule has 3 heteroatoms. The number of nitrogens with one attached hydrogen (secondary N) is 1. The van der Waals surface area contributed by atoms with Gasteiger partial charge in [0.05, 0.1) is 0 Å². The van der Waals surface area contributed by atoms with Crippen LogP contribution in [-0.2, 0) is 0 Å². The summed E-state index contributed by atoms with van der Waals surface area (Å²) < 4.78 is 18.9. The van der Waals surface area contributed by atoms with Crippen molar-refractivity contribution in [1.82, 2.24) is 5.32 Å². The summed E-state index contributed by atoms with van der Waals surface area (Å²) in [5.74, 6) is 0.978. The van der Waals surface area contributed by atoms with Crippen LogP contribution in [0.25, 0.3) is 0 Å². The Morgan fingerprint density at radius 1 is 1.15 bits per heavy atom. The average molecular weight is 273 g/mol. The third-order valence-electron chi connectivity index (χ3n) is 3.27. The maximum atomic E-state index is 13.2. The fourth-order valence-corrected chi connectivity index (χ4v) is 2.06. The molecule has 2 aromatic carbocycles. The summed E-state index contributed by atoms with van der Waals surface area (Å²) in [7, 11) is 0. The van der Waals surface area contributed by atoms with Crippen LogP contribution in [-0.4, -0.2) is 6.54 Å². The Bertz CT molecular complexity index is 566. The van der Waals surface area contributed by atoms with E-state index in [9.17, 15) is 4.39 Å². The molecule has 0 amide bonds. The minimum Gasteiger partial charge on any atom is -0.457 e. The van der Waals surface area contributed by atoms with Gasteiger partial charge < -0.3 is 10.1 Å². The molecule has 0 saturated heterocycles. The molecule has 0 heterocycles. The molecule has 0 radical (unpaired) electrons. The van der Waals surface area contributed by atoms with Crippen molar-refractivity contribution in [1.29, 1.82) is 0 Å². The molecule has 1 atom stereocenters. The third kappa shape index (κ3) is 3.58. The quantitative estimate of drug-likeness (QED) is 0.859. The molecule has 0 bridgehead atoms. The SMILES string of the molecule is CCNC(C)c1ccc(Oc2cc(F)ccc2C)cc1. The Kier molecular flexibility index (Phi) is 4.74.